The Morgan fingerprint density at radius 3 is 1.30 bits per heavy atom. The van der Waals surface area contributed by atoms with Gasteiger partial charge in [-0.3, -0.25) is 19.3 Å². The summed E-state index contributed by atoms with van der Waals surface area (Å²) >= 11 is 0. The highest BCUT2D eigenvalue weighted by atomic mass is 16.5. The number of carbonyl (C=O) groups excluding carboxylic acids is 3. The molecule has 1 rings (SSSR count). The summed E-state index contributed by atoms with van der Waals surface area (Å²) in [5.74, 6) is 0.538. The largest absolute Gasteiger partial charge is 0.466 e. The van der Waals surface area contributed by atoms with Gasteiger partial charge < -0.3 is 4.74 Å². The summed E-state index contributed by atoms with van der Waals surface area (Å²) in [4.78, 5) is 36.3. The molecule has 0 atom stereocenters. The zero-order valence-electron chi connectivity index (χ0n) is 28.5. The van der Waals surface area contributed by atoms with Gasteiger partial charge in [0.1, 0.15) is 0 Å². The number of unbranched alkanes of at least 4 members (excludes halogenated alkanes) is 24. The van der Waals surface area contributed by atoms with Gasteiger partial charge in [0.15, 0.2) is 0 Å². The van der Waals surface area contributed by atoms with Crippen molar-refractivity contribution in [2.24, 2.45) is 5.92 Å². The van der Waals surface area contributed by atoms with Gasteiger partial charge in [0.25, 0.3) is 11.8 Å². The number of nitrogens with zero attached hydrogens (tertiary/aromatic N) is 1. The summed E-state index contributed by atoms with van der Waals surface area (Å²) in [6.07, 6.45) is 37.8. The van der Waals surface area contributed by atoms with Gasteiger partial charge >= 0.3 is 5.97 Å². The van der Waals surface area contributed by atoms with Crippen LogP contribution >= 0.6 is 0 Å². The first kappa shape index (κ1) is 39.4. The van der Waals surface area contributed by atoms with Gasteiger partial charge in [-0.25, -0.2) is 0 Å². The van der Waals surface area contributed by atoms with E-state index in [9.17, 15) is 14.4 Å². The molecule has 0 saturated heterocycles. The molecule has 250 valence electrons. The number of amides is 2. The van der Waals surface area contributed by atoms with Crippen molar-refractivity contribution >= 4 is 17.8 Å². The number of imide groups is 1. The average Bonchev–Trinajstić information content (AvgIpc) is 3.31. The molecule has 0 N–H and O–H groups in total. The molecule has 2 amide bonds. The molecule has 0 spiro atoms. The number of ether oxygens (including phenoxy) is 1. The summed E-state index contributed by atoms with van der Waals surface area (Å²) in [7, 11) is 0. The number of hydrogen-bond donors (Lipinski definition) is 0. The second-order valence-electron chi connectivity index (χ2n) is 13.5. The van der Waals surface area contributed by atoms with Gasteiger partial charge in [-0.15, -0.1) is 0 Å². The van der Waals surface area contributed by atoms with Crippen molar-refractivity contribution in [1.82, 2.24) is 4.90 Å². The Hall–Kier alpha value is -1.65. The van der Waals surface area contributed by atoms with E-state index < -0.39 is 0 Å². The molecule has 1 aliphatic heterocycles. The SMILES string of the molecule is CC(C)CCCCCCCCCCCCCCC(=O)OCCCCCCCCCCCCCCCCN1C(=O)C=CC1=O. The van der Waals surface area contributed by atoms with Gasteiger partial charge in [0.2, 0.25) is 0 Å². The third-order valence-electron chi connectivity index (χ3n) is 8.85. The molecular formula is C38H69NO4. The number of carbonyl (C=O) groups is 3. The molecule has 0 saturated carbocycles. The summed E-state index contributed by atoms with van der Waals surface area (Å²) < 4.78 is 5.44. The van der Waals surface area contributed by atoms with Crippen molar-refractivity contribution in [1.29, 1.82) is 0 Å². The van der Waals surface area contributed by atoms with Gasteiger partial charge in [-0.05, 0) is 25.2 Å². The molecule has 43 heavy (non-hydrogen) atoms. The van der Waals surface area contributed by atoms with Crippen LogP contribution in [0.5, 0.6) is 0 Å². The zero-order chi connectivity index (χ0) is 31.2. The maximum atomic E-state index is 11.9. The van der Waals surface area contributed by atoms with Crippen LogP contribution in [0.25, 0.3) is 0 Å². The van der Waals surface area contributed by atoms with E-state index >= 15 is 0 Å². The van der Waals surface area contributed by atoms with Gasteiger partial charge in [0.05, 0.1) is 6.61 Å². The molecular weight excluding hydrogens is 534 g/mol. The second kappa shape index (κ2) is 29.1. The highest BCUT2D eigenvalue weighted by Crippen LogP contribution is 2.16. The van der Waals surface area contributed by atoms with E-state index in [-0.39, 0.29) is 17.8 Å². The quantitative estimate of drug-likeness (QED) is 0.0436. The van der Waals surface area contributed by atoms with Crippen LogP contribution in [0.1, 0.15) is 194 Å². The lowest BCUT2D eigenvalue weighted by molar-refractivity contribution is -0.144. The van der Waals surface area contributed by atoms with E-state index in [1.807, 2.05) is 0 Å². The summed E-state index contributed by atoms with van der Waals surface area (Å²) in [6, 6.07) is 0. The molecule has 5 nitrogen and oxygen atoms in total. The highest BCUT2D eigenvalue weighted by Gasteiger charge is 2.22. The topological polar surface area (TPSA) is 63.7 Å². The second-order valence-corrected chi connectivity index (χ2v) is 13.5. The lowest BCUT2D eigenvalue weighted by Gasteiger charge is -2.12. The van der Waals surface area contributed by atoms with E-state index in [1.165, 1.54) is 158 Å². The molecule has 1 aliphatic rings. The van der Waals surface area contributed by atoms with Crippen LogP contribution < -0.4 is 0 Å². The highest BCUT2D eigenvalue weighted by molar-refractivity contribution is 6.12. The van der Waals surface area contributed by atoms with E-state index in [0.29, 0.717) is 19.6 Å². The molecule has 0 aromatic heterocycles. The molecule has 0 radical (unpaired) electrons. The first-order chi connectivity index (χ1) is 21.0. The Morgan fingerprint density at radius 2 is 0.884 bits per heavy atom. The van der Waals surface area contributed by atoms with Crippen LogP contribution in [0.3, 0.4) is 0 Å². The first-order valence-electron chi connectivity index (χ1n) is 18.7. The van der Waals surface area contributed by atoms with Crippen LogP contribution in [0.4, 0.5) is 0 Å². The first-order valence-corrected chi connectivity index (χ1v) is 18.7. The van der Waals surface area contributed by atoms with E-state index in [2.05, 4.69) is 13.8 Å². The summed E-state index contributed by atoms with van der Waals surface area (Å²) in [5, 5.41) is 0. The molecule has 1 heterocycles. The summed E-state index contributed by atoms with van der Waals surface area (Å²) in [5.41, 5.74) is 0. The molecule has 5 heteroatoms. The molecule has 0 fully saturated rings. The van der Waals surface area contributed by atoms with E-state index in [4.69, 9.17) is 4.74 Å². The minimum Gasteiger partial charge on any atom is -0.466 e. The van der Waals surface area contributed by atoms with Crippen molar-refractivity contribution in [3.63, 3.8) is 0 Å². The predicted molar refractivity (Wildman–Crippen MR) is 181 cm³/mol. The minimum atomic E-state index is -0.161. The van der Waals surface area contributed by atoms with Crippen molar-refractivity contribution in [3.8, 4) is 0 Å². The van der Waals surface area contributed by atoms with Crippen LogP contribution in [-0.2, 0) is 19.1 Å². The van der Waals surface area contributed by atoms with Crippen LogP contribution in [0.15, 0.2) is 12.2 Å². The maximum Gasteiger partial charge on any atom is 0.305 e. The van der Waals surface area contributed by atoms with Crippen molar-refractivity contribution in [3.05, 3.63) is 12.2 Å². The zero-order valence-corrected chi connectivity index (χ0v) is 28.5. The standard InChI is InChI=1S/C38H69NO4/c1-35(2)29-25-21-17-13-9-5-6-10-14-18-22-26-30-38(42)43-34-28-24-20-16-12-8-4-3-7-11-15-19-23-27-33-39-36(40)31-32-37(39)41/h31-32,35H,3-30,33-34H2,1-2H3. The van der Waals surface area contributed by atoms with E-state index in [0.717, 1.165) is 38.0 Å². The van der Waals surface area contributed by atoms with Crippen LogP contribution in [0.2, 0.25) is 0 Å². The fourth-order valence-corrected chi connectivity index (χ4v) is 5.99. The smallest absolute Gasteiger partial charge is 0.305 e. The van der Waals surface area contributed by atoms with Gasteiger partial charge in [-0.2, -0.15) is 0 Å². The number of hydrogen-bond acceptors (Lipinski definition) is 4. The van der Waals surface area contributed by atoms with Crippen molar-refractivity contribution in [2.75, 3.05) is 13.2 Å². The fraction of sp³-hybridized carbons (Fsp3) is 0.868. The monoisotopic (exact) mass is 604 g/mol. The Kier molecular flexibility index (Phi) is 26.6. The number of rotatable bonds is 32. The maximum absolute atomic E-state index is 11.9. The lowest BCUT2D eigenvalue weighted by atomic mass is 10.0. The Labute approximate surface area is 266 Å². The third kappa shape index (κ3) is 25.4. The normalized spacial score (nSPS) is 13.1. The average molecular weight is 604 g/mol. The molecule has 0 aliphatic carbocycles. The number of esters is 1. The van der Waals surface area contributed by atoms with Crippen LogP contribution in [0, 0.1) is 5.92 Å². The van der Waals surface area contributed by atoms with Crippen molar-refractivity contribution < 1.29 is 19.1 Å². The molecule has 0 unspecified atom stereocenters. The predicted octanol–water partition coefficient (Wildman–Crippen LogP) is 11.0. The third-order valence-corrected chi connectivity index (χ3v) is 8.85. The van der Waals surface area contributed by atoms with E-state index in [1.54, 1.807) is 0 Å². The Balaban J connectivity index is 1.69. The summed E-state index contributed by atoms with van der Waals surface area (Å²) in [6.45, 7) is 5.81. The Bertz CT molecular complexity index is 699. The van der Waals surface area contributed by atoms with Crippen molar-refractivity contribution in [2.45, 2.75) is 194 Å². The minimum absolute atomic E-state index is 0.000928. The lowest BCUT2D eigenvalue weighted by Crippen LogP contribution is -2.30. The van der Waals surface area contributed by atoms with Gasteiger partial charge in [-0.1, -0.05) is 168 Å². The van der Waals surface area contributed by atoms with Crippen LogP contribution in [-0.4, -0.2) is 35.8 Å². The molecule has 0 aromatic carbocycles. The van der Waals surface area contributed by atoms with Gasteiger partial charge in [0, 0.05) is 25.1 Å². The molecule has 0 bridgehead atoms. The fourth-order valence-electron chi connectivity index (χ4n) is 5.99. The Morgan fingerprint density at radius 1 is 0.535 bits per heavy atom. The molecule has 0 aromatic rings.